The summed E-state index contributed by atoms with van der Waals surface area (Å²) in [5.41, 5.74) is 5.04. The first-order chi connectivity index (χ1) is 13.2. The number of carbonyl (C=O) groups is 1. The molecule has 6 heteroatoms. The molecule has 1 aromatic carbocycles. The molecule has 1 atom stereocenters. The van der Waals surface area contributed by atoms with Crippen LogP contribution in [-0.4, -0.2) is 31.9 Å². The highest BCUT2D eigenvalue weighted by atomic mass is 32.1. The van der Waals surface area contributed by atoms with Crippen LogP contribution >= 0.6 is 11.5 Å². The van der Waals surface area contributed by atoms with Gasteiger partial charge in [0.15, 0.2) is 0 Å². The van der Waals surface area contributed by atoms with Gasteiger partial charge >= 0.3 is 0 Å². The topological polar surface area (TPSA) is 59.0 Å². The Morgan fingerprint density at radius 2 is 2.04 bits per heavy atom. The number of hydrogen-bond donors (Lipinski definition) is 0. The van der Waals surface area contributed by atoms with Gasteiger partial charge in [-0.15, -0.1) is 5.10 Å². The molecular weight excluding hydrogens is 356 g/mol. The molecule has 0 spiro atoms. The van der Waals surface area contributed by atoms with Crippen molar-refractivity contribution in [2.24, 2.45) is 0 Å². The number of hydrogen-bond acceptors (Lipinski definition) is 5. The fourth-order valence-corrected chi connectivity index (χ4v) is 4.42. The van der Waals surface area contributed by atoms with Crippen LogP contribution in [0.3, 0.4) is 0 Å². The number of aryl methyl sites for hydroxylation is 2. The van der Waals surface area contributed by atoms with E-state index in [1.807, 2.05) is 36.9 Å². The molecule has 1 aliphatic rings. The number of nitrogens with zero attached hydrogens (tertiary/aromatic N) is 4. The zero-order valence-electron chi connectivity index (χ0n) is 15.6. The third-order valence-corrected chi connectivity index (χ3v) is 5.78. The van der Waals surface area contributed by atoms with Crippen LogP contribution in [0.15, 0.2) is 42.5 Å². The summed E-state index contributed by atoms with van der Waals surface area (Å²) < 4.78 is 3.98. The van der Waals surface area contributed by atoms with Gasteiger partial charge in [-0.2, -0.15) is 0 Å². The smallest absolute Gasteiger partial charge is 0.268 e. The number of carbonyl (C=O) groups excluding carboxylic acids is 1. The van der Waals surface area contributed by atoms with Crippen LogP contribution in [0.1, 0.15) is 52.6 Å². The summed E-state index contributed by atoms with van der Waals surface area (Å²) in [5.74, 6) is 0.0360. The predicted molar refractivity (Wildman–Crippen MR) is 107 cm³/mol. The first-order valence-corrected chi connectivity index (χ1v) is 10.1. The summed E-state index contributed by atoms with van der Waals surface area (Å²) in [6.07, 6.45) is 2.64. The van der Waals surface area contributed by atoms with E-state index in [0.29, 0.717) is 4.88 Å². The molecule has 0 bridgehead atoms. The van der Waals surface area contributed by atoms with E-state index in [2.05, 4.69) is 33.9 Å². The minimum absolute atomic E-state index is 0.00617. The second-order valence-electron chi connectivity index (χ2n) is 6.85. The molecule has 138 valence electrons. The summed E-state index contributed by atoms with van der Waals surface area (Å²) >= 11 is 1.20. The molecular formula is C21H22N4OS. The molecule has 1 saturated heterocycles. The molecule has 1 fully saturated rings. The zero-order valence-corrected chi connectivity index (χ0v) is 16.4. The molecule has 0 aliphatic carbocycles. The number of aromatic nitrogens is 3. The molecule has 3 aromatic rings. The van der Waals surface area contributed by atoms with E-state index in [1.54, 1.807) is 0 Å². The Bertz CT molecular complexity index is 954. The summed E-state index contributed by atoms with van der Waals surface area (Å²) in [6, 6.07) is 14.5. The van der Waals surface area contributed by atoms with Gasteiger partial charge in [-0.3, -0.25) is 9.78 Å². The lowest BCUT2D eigenvalue weighted by Crippen LogP contribution is -2.31. The van der Waals surface area contributed by atoms with Crippen LogP contribution in [0.4, 0.5) is 0 Å². The highest BCUT2D eigenvalue weighted by Gasteiger charge is 2.33. The molecule has 0 N–H and O–H groups in total. The normalized spacial score (nSPS) is 16.7. The summed E-state index contributed by atoms with van der Waals surface area (Å²) in [6.45, 7) is 4.77. The fourth-order valence-electron chi connectivity index (χ4n) is 3.71. The largest absolute Gasteiger partial charge is 0.329 e. The Morgan fingerprint density at radius 3 is 2.81 bits per heavy atom. The quantitative estimate of drug-likeness (QED) is 0.673. The van der Waals surface area contributed by atoms with Gasteiger partial charge in [-0.05, 0) is 61.0 Å². The zero-order chi connectivity index (χ0) is 18.8. The van der Waals surface area contributed by atoms with Gasteiger partial charge in [0.05, 0.1) is 17.4 Å². The minimum atomic E-state index is 0.00617. The van der Waals surface area contributed by atoms with Crippen molar-refractivity contribution in [1.82, 2.24) is 19.5 Å². The minimum Gasteiger partial charge on any atom is -0.329 e. The number of likely N-dealkylation sites (tertiary alicyclic amines) is 1. The van der Waals surface area contributed by atoms with E-state index >= 15 is 0 Å². The van der Waals surface area contributed by atoms with E-state index in [0.717, 1.165) is 48.5 Å². The Balaban J connectivity index is 1.68. The summed E-state index contributed by atoms with van der Waals surface area (Å²) in [5, 5.41) is 4.10. The second kappa shape index (κ2) is 7.56. The average molecular weight is 379 g/mol. The van der Waals surface area contributed by atoms with Gasteiger partial charge in [-0.25, -0.2) is 0 Å². The van der Waals surface area contributed by atoms with Gasteiger partial charge < -0.3 is 4.90 Å². The molecule has 27 heavy (non-hydrogen) atoms. The van der Waals surface area contributed by atoms with Gasteiger partial charge in [0.25, 0.3) is 5.91 Å². The van der Waals surface area contributed by atoms with Crippen molar-refractivity contribution in [3.63, 3.8) is 0 Å². The number of pyridine rings is 1. The molecule has 1 aliphatic heterocycles. The Morgan fingerprint density at radius 1 is 1.22 bits per heavy atom. The van der Waals surface area contributed by atoms with Crippen LogP contribution in [0.25, 0.3) is 11.1 Å². The van der Waals surface area contributed by atoms with Crippen molar-refractivity contribution in [2.75, 3.05) is 6.54 Å². The second-order valence-corrected chi connectivity index (χ2v) is 7.60. The average Bonchev–Trinajstić information content (AvgIpc) is 3.37. The third kappa shape index (κ3) is 3.49. The lowest BCUT2D eigenvalue weighted by atomic mass is 10.0. The van der Waals surface area contributed by atoms with Crippen molar-refractivity contribution >= 4 is 17.4 Å². The first-order valence-electron chi connectivity index (χ1n) is 9.33. The van der Waals surface area contributed by atoms with Crippen molar-refractivity contribution in [3.8, 4) is 11.1 Å². The maximum Gasteiger partial charge on any atom is 0.268 e. The van der Waals surface area contributed by atoms with Gasteiger partial charge in [0.1, 0.15) is 4.88 Å². The van der Waals surface area contributed by atoms with Crippen LogP contribution in [0.2, 0.25) is 0 Å². The van der Waals surface area contributed by atoms with Crippen LogP contribution < -0.4 is 0 Å². The lowest BCUT2D eigenvalue weighted by Gasteiger charge is -2.24. The molecule has 3 heterocycles. The highest BCUT2D eigenvalue weighted by Crippen LogP contribution is 2.35. The maximum absolute atomic E-state index is 13.1. The molecule has 2 aromatic heterocycles. The maximum atomic E-state index is 13.1. The molecule has 4 rings (SSSR count). The van der Waals surface area contributed by atoms with Crippen molar-refractivity contribution in [3.05, 3.63) is 64.4 Å². The molecule has 1 amide bonds. The first kappa shape index (κ1) is 17.8. The fraction of sp³-hybridized carbons (Fsp3) is 0.333. The third-order valence-electron chi connectivity index (χ3n) is 5.02. The van der Waals surface area contributed by atoms with E-state index < -0.39 is 0 Å². The molecule has 0 saturated carbocycles. The van der Waals surface area contributed by atoms with Crippen molar-refractivity contribution in [1.29, 1.82) is 0 Å². The van der Waals surface area contributed by atoms with Crippen molar-refractivity contribution in [2.45, 2.75) is 39.2 Å². The molecule has 0 unspecified atom stereocenters. The van der Waals surface area contributed by atoms with Crippen LogP contribution in [0.5, 0.6) is 0 Å². The number of amides is 1. The lowest BCUT2D eigenvalue weighted by molar-refractivity contribution is 0.0736. The van der Waals surface area contributed by atoms with E-state index in [9.17, 15) is 4.79 Å². The van der Waals surface area contributed by atoms with E-state index in [4.69, 9.17) is 4.98 Å². The summed E-state index contributed by atoms with van der Waals surface area (Å²) in [7, 11) is 0. The van der Waals surface area contributed by atoms with Gasteiger partial charge in [0.2, 0.25) is 0 Å². The van der Waals surface area contributed by atoms with Crippen LogP contribution in [0, 0.1) is 6.92 Å². The van der Waals surface area contributed by atoms with Gasteiger partial charge in [-0.1, -0.05) is 41.7 Å². The van der Waals surface area contributed by atoms with Gasteiger partial charge in [0, 0.05) is 12.2 Å². The Labute approximate surface area is 163 Å². The summed E-state index contributed by atoms with van der Waals surface area (Å²) in [4.78, 5) is 20.5. The monoisotopic (exact) mass is 378 g/mol. The Kier molecular flexibility index (Phi) is 4.99. The predicted octanol–water partition coefficient (Wildman–Crippen LogP) is 4.45. The molecule has 0 radical (unpaired) electrons. The van der Waals surface area contributed by atoms with Crippen molar-refractivity contribution < 1.29 is 4.79 Å². The number of rotatable bonds is 4. The number of benzene rings is 1. The highest BCUT2D eigenvalue weighted by molar-refractivity contribution is 7.08. The SMILES string of the molecule is CCc1nnsc1C(=O)N1CCC[C@H]1c1cc(-c2ccccc2)cc(C)n1. The van der Waals surface area contributed by atoms with Crippen LogP contribution in [-0.2, 0) is 6.42 Å². The van der Waals surface area contributed by atoms with E-state index in [-0.39, 0.29) is 11.9 Å². The standard InChI is InChI=1S/C21H22N4OS/c1-3-17-20(27-24-23-17)21(26)25-11-7-10-19(25)18-13-16(12-14(2)22-18)15-8-5-4-6-9-15/h4-6,8-9,12-13,19H,3,7,10-11H2,1-2H3/t19-/m0/s1. The Hall–Kier alpha value is -2.60. The molecule has 5 nitrogen and oxygen atoms in total. The van der Waals surface area contributed by atoms with E-state index in [1.165, 1.54) is 17.1 Å².